The first-order chi connectivity index (χ1) is 9.68. The number of nitrogens with zero attached hydrogens (tertiary/aromatic N) is 2. The molecule has 3 rings (SSSR count). The molecule has 1 N–H and O–H groups in total. The van der Waals surface area contributed by atoms with E-state index in [2.05, 4.69) is 4.98 Å². The van der Waals surface area contributed by atoms with Crippen molar-refractivity contribution in [2.75, 3.05) is 11.4 Å². The van der Waals surface area contributed by atoms with Gasteiger partial charge in [-0.15, -0.1) is 0 Å². The molecule has 5 heteroatoms. The summed E-state index contributed by atoms with van der Waals surface area (Å²) >= 11 is 6.03. The minimum Gasteiger partial charge on any atom is -0.506 e. The molecular weight excluding hydrogens is 276 g/mol. The average molecular weight is 289 g/mol. The molecule has 0 atom stereocenters. The highest BCUT2D eigenvalue weighted by atomic mass is 35.5. The summed E-state index contributed by atoms with van der Waals surface area (Å²) in [6.07, 6.45) is 4.71. The summed E-state index contributed by atoms with van der Waals surface area (Å²) in [6, 6.07) is 6.92. The van der Waals surface area contributed by atoms with Gasteiger partial charge in [0.25, 0.3) is 5.91 Å². The number of rotatable bonds is 1. The fraction of sp³-hybridized carbons (Fsp3) is 0.200. The molecule has 2 aromatic rings. The Kier molecular flexibility index (Phi) is 3.32. The first-order valence-corrected chi connectivity index (χ1v) is 6.78. The van der Waals surface area contributed by atoms with Crippen molar-refractivity contribution in [3.63, 3.8) is 0 Å². The Balaban J connectivity index is 2.05. The van der Waals surface area contributed by atoms with Crippen molar-refractivity contribution < 1.29 is 9.90 Å². The number of anilines is 1. The van der Waals surface area contributed by atoms with Crippen LogP contribution >= 0.6 is 11.6 Å². The number of para-hydroxylation sites is 1. The molecule has 0 radical (unpaired) electrons. The van der Waals surface area contributed by atoms with E-state index >= 15 is 0 Å². The van der Waals surface area contributed by atoms with Crippen molar-refractivity contribution in [2.45, 2.75) is 12.8 Å². The maximum absolute atomic E-state index is 12.6. The van der Waals surface area contributed by atoms with Gasteiger partial charge in [0.05, 0.1) is 16.3 Å². The van der Waals surface area contributed by atoms with Gasteiger partial charge in [0.1, 0.15) is 5.75 Å². The third-order valence-electron chi connectivity index (χ3n) is 3.44. The predicted octanol–water partition coefficient (Wildman–Crippen LogP) is 3.03. The van der Waals surface area contributed by atoms with Gasteiger partial charge in [0.15, 0.2) is 0 Å². The van der Waals surface area contributed by atoms with Gasteiger partial charge in [0.2, 0.25) is 0 Å². The molecule has 0 bridgehead atoms. The van der Waals surface area contributed by atoms with E-state index in [-0.39, 0.29) is 11.7 Å². The van der Waals surface area contributed by atoms with E-state index in [1.165, 1.54) is 12.4 Å². The lowest BCUT2D eigenvalue weighted by Gasteiger charge is -2.30. The van der Waals surface area contributed by atoms with Crippen molar-refractivity contribution in [3.05, 3.63) is 52.8 Å². The fourth-order valence-electron chi connectivity index (χ4n) is 2.53. The van der Waals surface area contributed by atoms with Crippen molar-refractivity contribution >= 4 is 23.2 Å². The van der Waals surface area contributed by atoms with Crippen LogP contribution in [0, 0.1) is 0 Å². The standard InChI is InChI=1S/C15H13ClN2O2/c16-12-9-17-7-6-11(12)15(20)18-8-2-4-10-3-1-5-13(19)14(10)18/h1,3,5-7,9,19H,2,4,8H2. The minimum absolute atomic E-state index is 0.126. The second-order valence-corrected chi connectivity index (χ2v) is 5.11. The highest BCUT2D eigenvalue weighted by molar-refractivity contribution is 6.34. The summed E-state index contributed by atoms with van der Waals surface area (Å²) in [6.45, 7) is 0.571. The predicted molar refractivity (Wildman–Crippen MR) is 77.4 cm³/mol. The molecule has 1 aliphatic rings. The molecular formula is C15H13ClN2O2. The van der Waals surface area contributed by atoms with E-state index in [4.69, 9.17) is 11.6 Å². The maximum atomic E-state index is 12.6. The molecule has 102 valence electrons. The number of fused-ring (bicyclic) bond motifs is 1. The lowest BCUT2D eigenvalue weighted by molar-refractivity contribution is 0.0984. The Bertz CT molecular complexity index is 673. The number of carbonyl (C=O) groups excluding carboxylic acids is 1. The Morgan fingerprint density at radius 2 is 2.20 bits per heavy atom. The van der Waals surface area contributed by atoms with E-state index in [0.29, 0.717) is 22.8 Å². The zero-order valence-corrected chi connectivity index (χ0v) is 11.5. The molecule has 0 aliphatic carbocycles. The normalized spacial score (nSPS) is 13.9. The Labute approximate surface area is 121 Å². The van der Waals surface area contributed by atoms with E-state index in [1.54, 1.807) is 23.1 Å². The molecule has 2 heterocycles. The van der Waals surface area contributed by atoms with E-state index < -0.39 is 0 Å². The first-order valence-electron chi connectivity index (χ1n) is 6.40. The number of aryl methyl sites for hydroxylation is 1. The number of hydrogen-bond donors (Lipinski definition) is 1. The van der Waals surface area contributed by atoms with Crippen molar-refractivity contribution in [3.8, 4) is 5.75 Å². The summed E-state index contributed by atoms with van der Waals surface area (Å²) in [5, 5.41) is 10.4. The largest absolute Gasteiger partial charge is 0.506 e. The topological polar surface area (TPSA) is 53.4 Å². The second kappa shape index (κ2) is 5.13. The van der Waals surface area contributed by atoms with E-state index in [0.717, 1.165) is 18.4 Å². The number of pyridine rings is 1. The lowest BCUT2D eigenvalue weighted by atomic mass is 10.00. The molecule has 0 unspecified atom stereocenters. The van der Waals surface area contributed by atoms with Gasteiger partial charge in [0, 0.05) is 18.9 Å². The van der Waals surface area contributed by atoms with Gasteiger partial charge >= 0.3 is 0 Å². The second-order valence-electron chi connectivity index (χ2n) is 4.70. The number of carbonyl (C=O) groups is 1. The van der Waals surface area contributed by atoms with Crippen LogP contribution in [0.5, 0.6) is 5.75 Å². The monoisotopic (exact) mass is 288 g/mol. The van der Waals surface area contributed by atoms with Crippen LogP contribution in [0.4, 0.5) is 5.69 Å². The maximum Gasteiger partial charge on any atom is 0.260 e. The first kappa shape index (κ1) is 12.9. The SMILES string of the molecule is O=C(c1ccncc1Cl)N1CCCc2cccc(O)c21. The van der Waals surface area contributed by atoms with Gasteiger partial charge in [-0.1, -0.05) is 23.7 Å². The van der Waals surface area contributed by atoms with Gasteiger partial charge in [-0.2, -0.15) is 0 Å². The number of hydrogen-bond acceptors (Lipinski definition) is 3. The van der Waals surface area contributed by atoms with Crippen LogP contribution in [0.15, 0.2) is 36.7 Å². The zero-order valence-electron chi connectivity index (χ0n) is 10.7. The van der Waals surface area contributed by atoms with Gasteiger partial charge in [-0.3, -0.25) is 9.78 Å². The quantitative estimate of drug-likeness (QED) is 0.877. The number of aromatic nitrogens is 1. The van der Waals surface area contributed by atoms with Crippen LogP contribution in [0.1, 0.15) is 22.3 Å². The van der Waals surface area contributed by atoms with Crippen LogP contribution < -0.4 is 4.90 Å². The summed E-state index contributed by atoms with van der Waals surface area (Å²) < 4.78 is 0. The average Bonchev–Trinajstić information content (AvgIpc) is 2.47. The smallest absolute Gasteiger partial charge is 0.260 e. The van der Waals surface area contributed by atoms with Crippen LogP contribution in [-0.2, 0) is 6.42 Å². The molecule has 0 saturated carbocycles. The van der Waals surface area contributed by atoms with Crippen LogP contribution in [0.3, 0.4) is 0 Å². The molecule has 4 nitrogen and oxygen atoms in total. The van der Waals surface area contributed by atoms with E-state index in [9.17, 15) is 9.90 Å². The van der Waals surface area contributed by atoms with Crippen LogP contribution in [0.2, 0.25) is 5.02 Å². The summed E-state index contributed by atoms with van der Waals surface area (Å²) in [5.41, 5.74) is 1.98. The van der Waals surface area contributed by atoms with Gasteiger partial charge in [-0.25, -0.2) is 0 Å². The number of aromatic hydroxyl groups is 1. The van der Waals surface area contributed by atoms with Crippen LogP contribution in [0.25, 0.3) is 0 Å². The molecule has 0 fully saturated rings. The number of phenolic OH excluding ortho intramolecular Hbond substituents is 1. The van der Waals surface area contributed by atoms with Gasteiger partial charge < -0.3 is 10.0 Å². The summed E-state index contributed by atoms with van der Waals surface area (Å²) in [7, 11) is 0. The highest BCUT2D eigenvalue weighted by Gasteiger charge is 2.27. The molecule has 1 aromatic heterocycles. The van der Waals surface area contributed by atoms with Crippen molar-refractivity contribution in [1.29, 1.82) is 0 Å². The minimum atomic E-state index is -0.208. The van der Waals surface area contributed by atoms with E-state index in [1.807, 2.05) is 6.07 Å². The molecule has 1 amide bonds. The molecule has 0 saturated heterocycles. The molecule has 0 spiro atoms. The molecule has 1 aromatic carbocycles. The Hall–Kier alpha value is -2.07. The van der Waals surface area contributed by atoms with Crippen molar-refractivity contribution in [1.82, 2.24) is 4.98 Å². The third-order valence-corrected chi connectivity index (χ3v) is 3.75. The number of amides is 1. The number of halogens is 1. The number of benzene rings is 1. The van der Waals surface area contributed by atoms with Crippen molar-refractivity contribution in [2.24, 2.45) is 0 Å². The third kappa shape index (κ3) is 2.12. The summed E-state index contributed by atoms with van der Waals surface area (Å²) in [5.74, 6) is -0.0828. The molecule has 1 aliphatic heterocycles. The summed E-state index contributed by atoms with van der Waals surface area (Å²) in [4.78, 5) is 18.1. The zero-order chi connectivity index (χ0) is 14.1. The van der Waals surface area contributed by atoms with Crippen LogP contribution in [-0.4, -0.2) is 22.5 Å². The Morgan fingerprint density at radius 3 is 3.00 bits per heavy atom. The van der Waals surface area contributed by atoms with Gasteiger partial charge in [-0.05, 0) is 30.5 Å². The highest BCUT2D eigenvalue weighted by Crippen LogP contribution is 2.36. The lowest BCUT2D eigenvalue weighted by Crippen LogP contribution is -2.35. The Morgan fingerprint density at radius 1 is 1.35 bits per heavy atom. The molecule has 20 heavy (non-hydrogen) atoms. The number of phenols is 1. The fourth-order valence-corrected chi connectivity index (χ4v) is 2.73.